The van der Waals surface area contributed by atoms with Gasteiger partial charge in [0.15, 0.2) is 0 Å². The van der Waals surface area contributed by atoms with Crippen molar-refractivity contribution in [3.8, 4) is 5.75 Å². The van der Waals surface area contributed by atoms with Crippen LogP contribution in [0.5, 0.6) is 5.75 Å². The van der Waals surface area contributed by atoms with Gasteiger partial charge >= 0.3 is 0 Å². The summed E-state index contributed by atoms with van der Waals surface area (Å²) in [6.07, 6.45) is 2.30. The zero-order chi connectivity index (χ0) is 13.8. The largest absolute Gasteiger partial charge is 0.496 e. The van der Waals surface area contributed by atoms with Crippen LogP contribution < -0.4 is 10.1 Å². The van der Waals surface area contributed by atoms with Gasteiger partial charge in [-0.25, -0.2) is 0 Å². The average Bonchev–Trinajstić information content (AvgIpc) is 2.90. The number of nitrogens with one attached hydrogen (secondary N) is 1. The number of halogens is 1. The molecule has 1 unspecified atom stereocenters. The summed E-state index contributed by atoms with van der Waals surface area (Å²) in [7, 11) is 3.36. The summed E-state index contributed by atoms with van der Waals surface area (Å²) in [6.45, 7) is 1.75. The summed E-state index contributed by atoms with van der Waals surface area (Å²) in [4.78, 5) is 14.1. The minimum Gasteiger partial charge on any atom is -0.496 e. The highest BCUT2D eigenvalue weighted by atomic mass is 35.5. The minimum atomic E-state index is -0.0396. The van der Waals surface area contributed by atoms with E-state index in [0.717, 1.165) is 13.0 Å². The molecule has 4 nitrogen and oxygen atoms in total. The van der Waals surface area contributed by atoms with Crippen molar-refractivity contribution in [2.24, 2.45) is 0 Å². The highest BCUT2D eigenvalue weighted by molar-refractivity contribution is 6.30. The molecule has 2 rings (SSSR count). The molecule has 104 valence electrons. The monoisotopic (exact) mass is 282 g/mol. The summed E-state index contributed by atoms with van der Waals surface area (Å²) in [5, 5.41) is 3.95. The zero-order valence-corrected chi connectivity index (χ0v) is 12.0. The SMILES string of the molecule is COc1cc(Cl)ccc1C(=O)N(C)CC1CCCN1. The number of hydrogen-bond donors (Lipinski definition) is 1. The molecule has 5 heteroatoms. The summed E-state index contributed by atoms with van der Waals surface area (Å²) >= 11 is 5.90. The molecule has 1 heterocycles. The fourth-order valence-electron chi connectivity index (χ4n) is 2.37. The van der Waals surface area contributed by atoms with E-state index in [1.165, 1.54) is 6.42 Å². The first kappa shape index (κ1) is 14.2. The number of nitrogens with zero attached hydrogens (tertiary/aromatic N) is 1. The molecule has 0 bridgehead atoms. The molecule has 1 aromatic rings. The van der Waals surface area contributed by atoms with Gasteiger partial charge in [-0.05, 0) is 37.6 Å². The molecule has 0 aromatic heterocycles. The van der Waals surface area contributed by atoms with E-state index in [2.05, 4.69) is 5.32 Å². The molecule has 19 heavy (non-hydrogen) atoms. The van der Waals surface area contributed by atoms with E-state index in [-0.39, 0.29) is 5.91 Å². The number of likely N-dealkylation sites (N-methyl/N-ethyl adjacent to an activating group) is 1. The first-order valence-electron chi connectivity index (χ1n) is 6.44. The lowest BCUT2D eigenvalue weighted by molar-refractivity contribution is 0.0780. The van der Waals surface area contributed by atoms with Crippen LogP contribution in [0.25, 0.3) is 0 Å². The molecule has 1 saturated heterocycles. The highest BCUT2D eigenvalue weighted by Crippen LogP contribution is 2.24. The quantitative estimate of drug-likeness (QED) is 0.920. The van der Waals surface area contributed by atoms with Crippen molar-refractivity contribution < 1.29 is 9.53 Å². The van der Waals surface area contributed by atoms with Crippen molar-refractivity contribution in [3.05, 3.63) is 28.8 Å². The van der Waals surface area contributed by atoms with Gasteiger partial charge in [-0.1, -0.05) is 11.6 Å². The van der Waals surface area contributed by atoms with Gasteiger partial charge in [0.1, 0.15) is 5.75 Å². The van der Waals surface area contributed by atoms with Crippen LogP contribution in [0, 0.1) is 0 Å². The number of rotatable bonds is 4. The molecular weight excluding hydrogens is 264 g/mol. The Morgan fingerprint density at radius 3 is 3.00 bits per heavy atom. The fourth-order valence-corrected chi connectivity index (χ4v) is 2.54. The second-order valence-electron chi connectivity index (χ2n) is 4.82. The van der Waals surface area contributed by atoms with Gasteiger partial charge in [0.25, 0.3) is 5.91 Å². The standard InChI is InChI=1S/C14H19ClN2O2/c1-17(9-11-4-3-7-16-11)14(18)12-6-5-10(15)8-13(12)19-2/h5-6,8,11,16H,3-4,7,9H2,1-2H3. The minimum absolute atomic E-state index is 0.0396. The van der Waals surface area contributed by atoms with E-state index in [1.54, 1.807) is 30.2 Å². The second kappa shape index (κ2) is 6.26. The Hall–Kier alpha value is -1.26. The predicted octanol–water partition coefficient (Wildman–Crippen LogP) is 2.17. The van der Waals surface area contributed by atoms with Crippen molar-refractivity contribution in [1.82, 2.24) is 10.2 Å². The van der Waals surface area contributed by atoms with Crippen LogP contribution in [0.1, 0.15) is 23.2 Å². The van der Waals surface area contributed by atoms with Crippen molar-refractivity contribution >= 4 is 17.5 Å². The van der Waals surface area contributed by atoms with Crippen LogP contribution in [0.2, 0.25) is 5.02 Å². The van der Waals surface area contributed by atoms with Crippen LogP contribution >= 0.6 is 11.6 Å². The van der Waals surface area contributed by atoms with Crippen molar-refractivity contribution in [2.45, 2.75) is 18.9 Å². The molecule has 1 N–H and O–H groups in total. The van der Waals surface area contributed by atoms with E-state index >= 15 is 0 Å². The summed E-state index contributed by atoms with van der Waals surface area (Å²) in [6, 6.07) is 5.48. The van der Waals surface area contributed by atoms with Gasteiger partial charge in [0.2, 0.25) is 0 Å². The van der Waals surface area contributed by atoms with Gasteiger partial charge in [-0.15, -0.1) is 0 Å². The number of carbonyl (C=O) groups is 1. The molecule has 0 spiro atoms. The molecule has 0 radical (unpaired) electrons. The Morgan fingerprint density at radius 1 is 1.58 bits per heavy atom. The zero-order valence-electron chi connectivity index (χ0n) is 11.3. The second-order valence-corrected chi connectivity index (χ2v) is 5.26. The van der Waals surface area contributed by atoms with Gasteiger partial charge in [-0.3, -0.25) is 4.79 Å². The molecule has 1 aliphatic heterocycles. The van der Waals surface area contributed by atoms with E-state index in [9.17, 15) is 4.79 Å². The third-order valence-corrected chi connectivity index (χ3v) is 3.63. The summed E-state index contributed by atoms with van der Waals surface area (Å²) in [5.41, 5.74) is 0.549. The van der Waals surface area contributed by atoms with Crippen LogP contribution in [0.15, 0.2) is 18.2 Å². The topological polar surface area (TPSA) is 41.6 Å². The van der Waals surface area contributed by atoms with Crippen LogP contribution in [-0.2, 0) is 0 Å². The maximum atomic E-state index is 12.4. The Labute approximate surface area is 118 Å². The number of hydrogen-bond acceptors (Lipinski definition) is 3. The number of methoxy groups -OCH3 is 1. The number of amides is 1. The average molecular weight is 283 g/mol. The maximum absolute atomic E-state index is 12.4. The first-order valence-corrected chi connectivity index (χ1v) is 6.82. The molecule has 0 saturated carbocycles. The lowest BCUT2D eigenvalue weighted by Crippen LogP contribution is -2.38. The van der Waals surface area contributed by atoms with Gasteiger partial charge in [0.05, 0.1) is 12.7 Å². The molecule has 1 atom stereocenters. The molecule has 1 amide bonds. The van der Waals surface area contributed by atoms with Crippen molar-refractivity contribution in [1.29, 1.82) is 0 Å². The smallest absolute Gasteiger partial charge is 0.257 e. The Morgan fingerprint density at radius 2 is 2.37 bits per heavy atom. The Kier molecular flexibility index (Phi) is 4.66. The molecular formula is C14H19ClN2O2. The third-order valence-electron chi connectivity index (χ3n) is 3.40. The number of benzene rings is 1. The van der Waals surface area contributed by atoms with Crippen LogP contribution in [0.3, 0.4) is 0 Å². The Balaban J connectivity index is 2.09. The van der Waals surface area contributed by atoms with Crippen molar-refractivity contribution in [3.63, 3.8) is 0 Å². The van der Waals surface area contributed by atoms with E-state index in [0.29, 0.717) is 28.9 Å². The molecule has 1 aromatic carbocycles. The fraction of sp³-hybridized carbons (Fsp3) is 0.500. The van der Waals surface area contributed by atoms with Crippen molar-refractivity contribution in [2.75, 3.05) is 27.2 Å². The van der Waals surface area contributed by atoms with Gasteiger partial charge < -0.3 is 15.0 Å². The summed E-state index contributed by atoms with van der Waals surface area (Å²) in [5.74, 6) is 0.478. The molecule has 0 aliphatic carbocycles. The Bertz CT molecular complexity index is 459. The van der Waals surface area contributed by atoms with E-state index in [4.69, 9.17) is 16.3 Å². The van der Waals surface area contributed by atoms with E-state index < -0.39 is 0 Å². The lowest BCUT2D eigenvalue weighted by atomic mass is 10.1. The summed E-state index contributed by atoms with van der Waals surface area (Å²) < 4.78 is 5.22. The van der Waals surface area contributed by atoms with Gasteiger partial charge in [0, 0.05) is 24.7 Å². The lowest BCUT2D eigenvalue weighted by Gasteiger charge is -2.22. The molecule has 1 fully saturated rings. The maximum Gasteiger partial charge on any atom is 0.257 e. The highest BCUT2D eigenvalue weighted by Gasteiger charge is 2.21. The number of ether oxygens (including phenoxy) is 1. The predicted molar refractivity (Wildman–Crippen MR) is 76.0 cm³/mol. The number of carbonyl (C=O) groups excluding carboxylic acids is 1. The van der Waals surface area contributed by atoms with Crippen LogP contribution in [0.4, 0.5) is 0 Å². The normalized spacial score (nSPS) is 18.4. The third kappa shape index (κ3) is 3.39. The molecule has 1 aliphatic rings. The van der Waals surface area contributed by atoms with Gasteiger partial charge in [-0.2, -0.15) is 0 Å². The van der Waals surface area contributed by atoms with E-state index in [1.807, 2.05) is 7.05 Å². The van der Waals surface area contributed by atoms with Crippen LogP contribution in [-0.4, -0.2) is 44.1 Å². The first-order chi connectivity index (χ1) is 9.11.